The lowest BCUT2D eigenvalue weighted by molar-refractivity contribution is 0.313. The zero-order chi connectivity index (χ0) is 12.0. The Labute approximate surface area is 108 Å². The first kappa shape index (κ1) is 13.9. The Kier molecular flexibility index (Phi) is 5.63. The summed E-state index contributed by atoms with van der Waals surface area (Å²) < 4.78 is 1.92. The summed E-state index contributed by atoms with van der Waals surface area (Å²) in [6.07, 6.45) is 6.09. The zero-order valence-electron chi connectivity index (χ0n) is 10.0. The Balaban J connectivity index is 2.59. The molecular formula is C12H20Cl2N2. The van der Waals surface area contributed by atoms with E-state index in [2.05, 4.69) is 18.1 Å². The molecule has 1 aromatic heterocycles. The smallest absolute Gasteiger partial charge is 0.0492 e. The van der Waals surface area contributed by atoms with Crippen LogP contribution in [0, 0.1) is 5.41 Å². The van der Waals surface area contributed by atoms with Gasteiger partial charge in [0.15, 0.2) is 0 Å². The molecular weight excluding hydrogens is 243 g/mol. The topological polar surface area (TPSA) is 17.8 Å². The van der Waals surface area contributed by atoms with E-state index in [1.165, 1.54) is 5.69 Å². The lowest BCUT2D eigenvalue weighted by Crippen LogP contribution is -2.26. The summed E-state index contributed by atoms with van der Waals surface area (Å²) in [4.78, 5) is 0. The summed E-state index contributed by atoms with van der Waals surface area (Å²) in [5.41, 5.74) is 1.33. The minimum absolute atomic E-state index is 0.0854. The number of halogens is 2. The van der Waals surface area contributed by atoms with E-state index < -0.39 is 0 Å². The van der Waals surface area contributed by atoms with Crippen LogP contribution in [0.4, 0.5) is 0 Å². The van der Waals surface area contributed by atoms with Crippen LogP contribution in [0.25, 0.3) is 0 Å². The molecule has 0 aliphatic carbocycles. The fraction of sp³-hybridized carbons (Fsp3) is 0.750. The van der Waals surface area contributed by atoms with Gasteiger partial charge in [-0.2, -0.15) is 5.10 Å². The van der Waals surface area contributed by atoms with Crippen LogP contribution in [0.2, 0.25) is 0 Å². The number of hydrogen-bond donors (Lipinski definition) is 0. The summed E-state index contributed by atoms with van der Waals surface area (Å²) in [5.74, 6) is 1.28. The number of rotatable bonds is 7. The fourth-order valence-electron chi connectivity index (χ4n) is 2.00. The maximum atomic E-state index is 6.08. The van der Waals surface area contributed by atoms with Gasteiger partial charge in [-0.3, -0.25) is 4.68 Å². The molecule has 0 N–H and O–H groups in total. The Bertz CT molecular complexity index is 306. The van der Waals surface area contributed by atoms with Gasteiger partial charge in [0.2, 0.25) is 0 Å². The standard InChI is InChI=1S/C12H20Cl2N2/c1-3-6-12(9-13,10-14)7-4-11-5-8-15-16(11)2/h5,8H,3-4,6-7,9-10H2,1-2H3. The first-order valence-corrected chi connectivity index (χ1v) is 6.83. The van der Waals surface area contributed by atoms with Gasteiger partial charge in [0, 0.05) is 30.7 Å². The van der Waals surface area contributed by atoms with E-state index in [9.17, 15) is 0 Å². The van der Waals surface area contributed by atoms with E-state index in [1.54, 1.807) is 0 Å². The molecule has 4 heteroatoms. The average Bonchev–Trinajstić information content (AvgIpc) is 2.70. The van der Waals surface area contributed by atoms with E-state index in [1.807, 2.05) is 17.9 Å². The molecule has 0 aliphatic heterocycles. The SMILES string of the molecule is CCCC(CCl)(CCl)CCc1ccnn1C. The number of alkyl halides is 2. The van der Waals surface area contributed by atoms with E-state index in [-0.39, 0.29) is 5.41 Å². The Morgan fingerprint density at radius 2 is 2.00 bits per heavy atom. The molecule has 0 spiro atoms. The van der Waals surface area contributed by atoms with Crippen molar-refractivity contribution in [3.63, 3.8) is 0 Å². The van der Waals surface area contributed by atoms with Crippen molar-refractivity contribution in [1.82, 2.24) is 9.78 Å². The van der Waals surface area contributed by atoms with Gasteiger partial charge in [-0.05, 0) is 30.7 Å². The molecule has 0 unspecified atom stereocenters. The third-order valence-electron chi connectivity index (χ3n) is 3.18. The Morgan fingerprint density at radius 1 is 1.31 bits per heavy atom. The predicted octanol–water partition coefficient (Wildman–Crippen LogP) is 3.62. The highest BCUT2D eigenvalue weighted by Crippen LogP contribution is 2.32. The number of aromatic nitrogens is 2. The van der Waals surface area contributed by atoms with Gasteiger partial charge in [0.1, 0.15) is 0 Å². The van der Waals surface area contributed by atoms with E-state index in [0.717, 1.165) is 25.7 Å². The van der Waals surface area contributed by atoms with Crippen molar-refractivity contribution in [2.24, 2.45) is 12.5 Å². The normalized spacial score (nSPS) is 12.0. The Morgan fingerprint density at radius 3 is 2.44 bits per heavy atom. The van der Waals surface area contributed by atoms with Crippen molar-refractivity contribution >= 4 is 23.2 Å². The maximum absolute atomic E-state index is 6.08. The van der Waals surface area contributed by atoms with Gasteiger partial charge >= 0.3 is 0 Å². The maximum Gasteiger partial charge on any atom is 0.0492 e. The average molecular weight is 263 g/mol. The molecule has 1 aromatic rings. The van der Waals surface area contributed by atoms with E-state index in [4.69, 9.17) is 23.2 Å². The first-order valence-electron chi connectivity index (χ1n) is 5.76. The van der Waals surface area contributed by atoms with Gasteiger partial charge < -0.3 is 0 Å². The first-order chi connectivity index (χ1) is 7.67. The lowest BCUT2D eigenvalue weighted by atomic mass is 9.82. The number of nitrogens with zero attached hydrogens (tertiary/aromatic N) is 2. The quantitative estimate of drug-likeness (QED) is 0.687. The molecule has 0 amide bonds. The monoisotopic (exact) mass is 262 g/mol. The number of aryl methyl sites for hydroxylation is 2. The largest absolute Gasteiger partial charge is 0.273 e. The molecule has 2 nitrogen and oxygen atoms in total. The van der Waals surface area contributed by atoms with Crippen molar-refractivity contribution in [3.05, 3.63) is 18.0 Å². The van der Waals surface area contributed by atoms with E-state index in [0.29, 0.717) is 11.8 Å². The third kappa shape index (κ3) is 3.39. The highest BCUT2D eigenvalue weighted by Gasteiger charge is 2.27. The molecule has 0 atom stereocenters. The summed E-state index contributed by atoms with van der Waals surface area (Å²) in [5, 5.41) is 4.17. The van der Waals surface area contributed by atoms with Crippen molar-refractivity contribution in [2.75, 3.05) is 11.8 Å². The molecule has 0 aliphatic rings. The third-order valence-corrected chi connectivity index (χ3v) is 4.32. The zero-order valence-corrected chi connectivity index (χ0v) is 11.6. The van der Waals surface area contributed by atoms with Crippen LogP contribution < -0.4 is 0 Å². The van der Waals surface area contributed by atoms with Crippen LogP contribution in [0.3, 0.4) is 0 Å². The molecule has 1 rings (SSSR count). The summed E-state index contributed by atoms with van der Waals surface area (Å²) in [6.45, 7) is 2.18. The van der Waals surface area contributed by atoms with Gasteiger partial charge in [-0.15, -0.1) is 23.2 Å². The molecule has 0 aromatic carbocycles. The van der Waals surface area contributed by atoms with Gasteiger partial charge in [0.05, 0.1) is 0 Å². The lowest BCUT2D eigenvalue weighted by Gasteiger charge is -2.29. The summed E-state index contributed by atoms with van der Waals surface area (Å²) in [7, 11) is 1.97. The minimum atomic E-state index is 0.0854. The van der Waals surface area contributed by atoms with Crippen LogP contribution >= 0.6 is 23.2 Å². The van der Waals surface area contributed by atoms with Crippen LogP contribution in [0.5, 0.6) is 0 Å². The Hall–Kier alpha value is -0.210. The predicted molar refractivity (Wildman–Crippen MR) is 70.3 cm³/mol. The highest BCUT2D eigenvalue weighted by atomic mass is 35.5. The van der Waals surface area contributed by atoms with Crippen molar-refractivity contribution in [3.8, 4) is 0 Å². The molecule has 0 saturated heterocycles. The second-order valence-corrected chi connectivity index (χ2v) is 5.00. The molecule has 0 radical (unpaired) electrons. The van der Waals surface area contributed by atoms with Gasteiger partial charge in [0.25, 0.3) is 0 Å². The fourth-order valence-corrected chi connectivity index (χ4v) is 2.82. The van der Waals surface area contributed by atoms with Crippen LogP contribution in [-0.2, 0) is 13.5 Å². The molecule has 92 valence electrons. The second kappa shape index (κ2) is 6.51. The minimum Gasteiger partial charge on any atom is -0.273 e. The molecule has 16 heavy (non-hydrogen) atoms. The molecule has 0 fully saturated rings. The molecule has 0 bridgehead atoms. The van der Waals surface area contributed by atoms with Gasteiger partial charge in [-0.25, -0.2) is 0 Å². The van der Waals surface area contributed by atoms with Crippen molar-refractivity contribution < 1.29 is 0 Å². The van der Waals surface area contributed by atoms with Crippen LogP contribution in [-0.4, -0.2) is 21.5 Å². The van der Waals surface area contributed by atoms with Crippen molar-refractivity contribution in [1.29, 1.82) is 0 Å². The number of hydrogen-bond acceptors (Lipinski definition) is 1. The van der Waals surface area contributed by atoms with Crippen LogP contribution in [0.1, 0.15) is 31.9 Å². The molecule has 0 saturated carbocycles. The van der Waals surface area contributed by atoms with Gasteiger partial charge in [-0.1, -0.05) is 13.3 Å². The highest BCUT2D eigenvalue weighted by molar-refractivity contribution is 6.21. The van der Waals surface area contributed by atoms with Crippen molar-refractivity contribution in [2.45, 2.75) is 32.6 Å². The summed E-state index contributed by atoms with van der Waals surface area (Å²) in [6, 6.07) is 2.05. The summed E-state index contributed by atoms with van der Waals surface area (Å²) >= 11 is 12.2. The van der Waals surface area contributed by atoms with Crippen LogP contribution in [0.15, 0.2) is 12.3 Å². The molecule has 1 heterocycles. The second-order valence-electron chi connectivity index (χ2n) is 4.46. The van der Waals surface area contributed by atoms with E-state index >= 15 is 0 Å².